The number of hydrogen-bond acceptors (Lipinski definition) is 12. The molecular weight excluding hydrogens is 991 g/mol. The molecular formula is C34H52Ag2Cl2N4O8Si4. The van der Waals surface area contributed by atoms with Crippen LogP contribution in [0.15, 0.2) is 98.1 Å². The first-order chi connectivity index (χ1) is 23.8. The second kappa shape index (κ2) is 25.5. The number of aromatic nitrogens is 4. The molecule has 0 spiro atoms. The maximum Gasteiger partial charge on any atom is 1.00 e. The second-order valence-electron chi connectivity index (χ2n) is 14.9. The first-order valence-electron chi connectivity index (χ1n) is 16.7. The Morgan fingerprint density at radius 3 is 0.611 bits per heavy atom. The maximum atomic E-state index is 8.49. The van der Waals surface area contributed by atoms with Crippen molar-refractivity contribution in [2.45, 2.75) is 89.4 Å². The van der Waals surface area contributed by atoms with Crippen molar-refractivity contribution in [3.63, 3.8) is 0 Å². The van der Waals surface area contributed by atoms with E-state index in [-0.39, 0.29) is 44.8 Å². The van der Waals surface area contributed by atoms with Crippen molar-refractivity contribution < 1.29 is 103 Å². The van der Waals surface area contributed by atoms with Crippen molar-refractivity contribution in [1.82, 2.24) is 19.9 Å². The van der Waals surface area contributed by atoms with Crippen molar-refractivity contribution in [1.29, 1.82) is 0 Å². The Kier molecular flexibility index (Phi) is 26.2. The standard InChI is InChI=1S/2C17H26N2Si2.2Ag.2ClHO4/c2*1-20(2,16-6-10-18-11-7-16)14-5-15-21(3,4)17-8-12-19-13-9-17;;;2*2-1(3,4)5/h2*6-13H,5,14-15H2,1-4H3;;;2*(H,2,3,4,5)/q;;2*+1;;/p-2. The summed E-state index contributed by atoms with van der Waals surface area (Å²) in [5.41, 5.74) is 0. The molecule has 0 aliphatic carbocycles. The SMILES string of the molecule is C[Si](C)(CCC[Si](C)(C)c1ccncc1)c1ccncc1.C[Si](C)(CCC[Si](C)(C)c1ccncc1)c1ccncc1.[Ag+].[Ag+].[O-][Cl+3]([O-])([O-])[O-].[O-][Cl+3]([O-])([O-])[O-]. The summed E-state index contributed by atoms with van der Waals surface area (Å²) in [5, 5.41) is 6.11. The van der Waals surface area contributed by atoms with E-state index in [4.69, 9.17) is 37.3 Å². The van der Waals surface area contributed by atoms with Crippen LogP contribution in [0.4, 0.5) is 0 Å². The molecule has 0 unspecified atom stereocenters. The third-order valence-electron chi connectivity index (χ3n) is 9.05. The Hall–Kier alpha value is -0.792. The molecule has 0 radical (unpaired) electrons. The predicted molar refractivity (Wildman–Crippen MR) is 194 cm³/mol. The van der Waals surface area contributed by atoms with Crippen molar-refractivity contribution >= 4 is 53.0 Å². The van der Waals surface area contributed by atoms with Crippen LogP contribution in [0.25, 0.3) is 0 Å². The van der Waals surface area contributed by atoms with Crippen LogP contribution in [0.5, 0.6) is 0 Å². The van der Waals surface area contributed by atoms with E-state index in [2.05, 4.69) is 121 Å². The molecule has 0 aliphatic heterocycles. The monoisotopic (exact) mass is 1040 g/mol. The van der Waals surface area contributed by atoms with Crippen molar-refractivity contribution in [2.75, 3.05) is 0 Å². The molecule has 20 heteroatoms. The molecule has 4 rings (SSSR count). The quantitative estimate of drug-likeness (QED) is 0.132. The summed E-state index contributed by atoms with van der Waals surface area (Å²) in [5.74, 6) is 0. The molecule has 0 saturated carbocycles. The molecule has 0 bridgehead atoms. The molecule has 4 heterocycles. The summed E-state index contributed by atoms with van der Waals surface area (Å²) < 4.78 is 67.9. The number of nitrogens with zero attached hydrogens (tertiary/aromatic N) is 4. The van der Waals surface area contributed by atoms with E-state index in [9.17, 15) is 0 Å². The number of hydrogen-bond donors (Lipinski definition) is 0. The topological polar surface area (TPSA) is 236 Å². The van der Waals surface area contributed by atoms with Gasteiger partial charge in [0.15, 0.2) is 0 Å². The number of pyridine rings is 4. The Bertz CT molecular complexity index is 1320. The van der Waals surface area contributed by atoms with Crippen LogP contribution in [-0.4, -0.2) is 52.2 Å². The molecule has 0 amide bonds. The van der Waals surface area contributed by atoms with Gasteiger partial charge in [0.25, 0.3) is 0 Å². The molecule has 0 atom stereocenters. The molecule has 0 saturated heterocycles. The van der Waals surface area contributed by atoms with E-state index in [1.54, 1.807) is 0 Å². The van der Waals surface area contributed by atoms with Crippen molar-refractivity contribution in [3.8, 4) is 0 Å². The van der Waals surface area contributed by atoms with Gasteiger partial charge in [-0.25, -0.2) is 37.3 Å². The zero-order chi connectivity index (χ0) is 39.7. The van der Waals surface area contributed by atoms with Gasteiger partial charge in [0.05, 0.1) is 32.3 Å². The Morgan fingerprint density at radius 2 is 0.481 bits per heavy atom. The minimum Gasteiger partial charge on any atom is -0.265 e. The molecule has 0 N–H and O–H groups in total. The molecule has 4 aromatic rings. The third kappa shape index (κ3) is 25.5. The second-order valence-corrected chi connectivity index (χ2v) is 35.8. The van der Waals surface area contributed by atoms with Gasteiger partial charge in [0.1, 0.15) is 0 Å². The molecule has 54 heavy (non-hydrogen) atoms. The summed E-state index contributed by atoms with van der Waals surface area (Å²) in [4.78, 5) is 16.6. The summed E-state index contributed by atoms with van der Waals surface area (Å²) in [6.45, 7) is 19.8. The number of rotatable bonds is 12. The van der Waals surface area contributed by atoms with E-state index in [1.165, 1.54) is 57.8 Å². The molecule has 12 nitrogen and oxygen atoms in total. The minimum absolute atomic E-state index is 0. The third-order valence-corrected chi connectivity index (χ3v) is 23.1. The summed E-state index contributed by atoms with van der Waals surface area (Å²) in [6.07, 6.45) is 18.1. The van der Waals surface area contributed by atoms with Gasteiger partial charge < -0.3 is 0 Å². The smallest absolute Gasteiger partial charge is 0.265 e. The van der Waals surface area contributed by atoms with Crippen molar-refractivity contribution in [2.24, 2.45) is 0 Å². The van der Waals surface area contributed by atoms with Crippen LogP contribution in [0.1, 0.15) is 12.8 Å². The van der Waals surface area contributed by atoms with Crippen LogP contribution in [0.2, 0.25) is 76.6 Å². The fourth-order valence-electron chi connectivity index (χ4n) is 5.73. The van der Waals surface area contributed by atoms with Crippen LogP contribution in [0, 0.1) is 20.5 Å². The number of halogens is 2. The molecule has 0 fully saturated rings. The van der Waals surface area contributed by atoms with Crippen LogP contribution in [-0.2, 0) is 44.8 Å². The Morgan fingerprint density at radius 1 is 0.352 bits per heavy atom. The van der Waals surface area contributed by atoms with Gasteiger partial charge in [-0.3, -0.25) is 19.9 Å². The van der Waals surface area contributed by atoms with Gasteiger partial charge in [-0.2, -0.15) is 0 Å². The fourth-order valence-corrected chi connectivity index (χ4v) is 16.0. The van der Waals surface area contributed by atoms with E-state index in [0.717, 1.165) is 0 Å². The van der Waals surface area contributed by atoms with Gasteiger partial charge >= 0.3 is 44.8 Å². The fraction of sp³-hybridized carbons (Fsp3) is 0.412. The maximum absolute atomic E-state index is 8.49. The summed E-state index contributed by atoms with van der Waals surface area (Å²) in [7, 11) is -15.1. The first-order valence-corrected chi connectivity index (χ1v) is 32.0. The van der Waals surface area contributed by atoms with Gasteiger partial charge in [-0.05, 0) is 48.5 Å². The van der Waals surface area contributed by atoms with Gasteiger partial charge in [0, 0.05) is 49.6 Å². The van der Waals surface area contributed by atoms with Gasteiger partial charge in [-0.15, -0.1) is 20.5 Å². The molecule has 0 aliphatic rings. The van der Waals surface area contributed by atoms with E-state index < -0.39 is 52.8 Å². The summed E-state index contributed by atoms with van der Waals surface area (Å²) >= 11 is 0. The zero-order valence-corrected chi connectivity index (χ0v) is 40.4. The molecule has 4 aromatic heterocycles. The normalized spacial score (nSPS) is 11.9. The van der Waals surface area contributed by atoms with E-state index in [1.807, 2.05) is 49.6 Å². The van der Waals surface area contributed by atoms with E-state index >= 15 is 0 Å². The van der Waals surface area contributed by atoms with Crippen molar-refractivity contribution in [3.05, 3.63) is 98.1 Å². The summed E-state index contributed by atoms with van der Waals surface area (Å²) in [6, 6.07) is 23.1. The Balaban J connectivity index is 0. The van der Waals surface area contributed by atoms with Gasteiger partial charge in [-0.1, -0.05) is 110 Å². The van der Waals surface area contributed by atoms with Gasteiger partial charge in [0.2, 0.25) is 0 Å². The molecule has 0 aromatic carbocycles. The predicted octanol–water partition coefficient (Wildman–Crippen LogP) is -2.72. The average Bonchev–Trinajstić information content (AvgIpc) is 3.05. The van der Waals surface area contributed by atoms with Crippen LogP contribution >= 0.6 is 0 Å². The Labute approximate surface area is 360 Å². The van der Waals surface area contributed by atoms with Crippen LogP contribution in [0.3, 0.4) is 0 Å². The van der Waals surface area contributed by atoms with E-state index in [0.29, 0.717) is 0 Å². The minimum atomic E-state index is -4.94. The first kappa shape index (κ1) is 55.3. The largest absolute Gasteiger partial charge is 1.00 e. The van der Waals surface area contributed by atoms with Crippen LogP contribution < -0.4 is 58.0 Å². The molecule has 308 valence electrons. The average molecular weight is 1040 g/mol. The zero-order valence-electron chi connectivity index (χ0n) is 31.9.